The Bertz CT molecular complexity index is 619. The molecule has 2 aromatic rings. The second-order valence-corrected chi connectivity index (χ2v) is 5.27. The van der Waals surface area contributed by atoms with Crippen LogP contribution in [0.25, 0.3) is 5.69 Å². The van der Waals surface area contributed by atoms with Crippen molar-refractivity contribution in [3.63, 3.8) is 0 Å². The number of carbonyl (C=O) groups excluding carboxylic acids is 1. The highest BCUT2D eigenvalue weighted by Crippen LogP contribution is 2.21. The Hall–Kier alpha value is -1.49. The summed E-state index contributed by atoms with van der Waals surface area (Å²) in [6.07, 6.45) is 1.18. The van der Waals surface area contributed by atoms with Gasteiger partial charge in [0.2, 0.25) is 0 Å². The first-order valence-corrected chi connectivity index (χ1v) is 7.12. The van der Waals surface area contributed by atoms with Gasteiger partial charge in [0, 0.05) is 10.9 Å². The van der Waals surface area contributed by atoms with Gasteiger partial charge in [0.25, 0.3) is 0 Å². The van der Waals surface area contributed by atoms with E-state index < -0.39 is 0 Å². The van der Waals surface area contributed by atoms with Gasteiger partial charge in [-0.25, -0.2) is 4.68 Å². The average Bonchev–Trinajstić information content (AvgIpc) is 2.81. The zero-order valence-electron chi connectivity index (χ0n) is 11.3. The quantitative estimate of drug-likeness (QED) is 0.810. The van der Waals surface area contributed by atoms with E-state index in [1.165, 1.54) is 0 Å². The number of carbonyl (C=O) groups is 1. The lowest BCUT2D eigenvalue weighted by Crippen LogP contribution is -2.07. The maximum Gasteiger partial charge on any atom is 0.184 e. The van der Waals surface area contributed by atoms with Gasteiger partial charge in [-0.15, -0.1) is 5.10 Å². The van der Waals surface area contributed by atoms with Crippen molar-refractivity contribution < 1.29 is 4.79 Å². The van der Waals surface area contributed by atoms with E-state index in [4.69, 9.17) is 0 Å². The minimum atomic E-state index is 0.0397. The highest BCUT2D eigenvalue weighted by molar-refractivity contribution is 9.10. The Kier molecular flexibility index (Phi) is 4.14. The van der Waals surface area contributed by atoms with Crippen LogP contribution in [-0.2, 0) is 6.42 Å². The van der Waals surface area contributed by atoms with Crippen LogP contribution in [0.3, 0.4) is 0 Å². The monoisotopic (exact) mass is 321 g/mol. The number of hydrogen-bond acceptors (Lipinski definition) is 3. The molecular formula is C14H16BrN3O. The van der Waals surface area contributed by atoms with Crippen molar-refractivity contribution in [1.82, 2.24) is 15.0 Å². The Morgan fingerprint density at radius 3 is 2.68 bits per heavy atom. The molecule has 0 unspecified atom stereocenters. The molecule has 0 aliphatic carbocycles. The molecule has 0 atom stereocenters. The van der Waals surface area contributed by atoms with Crippen molar-refractivity contribution in [2.24, 2.45) is 0 Å². The normalized spacial score (nSPS) is 10.7. The number of aromatic nitrogens is 3. The molecule has 0 aliphatic rings. The van der Waals surface area contributed by atoms with Crippen LogP contribution in [0.5, 0.6) is 0 Å². The molecule has 1 aromatic heterocycles. The molecule has 0 amide bonds. The van der Waals surface area contributed by atoms with Crippen molar-refractivity contribution in [2.45, 2.75) is 33.6 Å². The molecule has 0 bridgehead atoms. The van der Waals surface area contributed by atoms with Crippen LogP contribution < -0.4 is 0 Å². The van der Waals surface area contributed by atoms with Gasteiger partial charge in [0.05, 0.1) is 11.4 Å². The molecule has 1 heterocycles. The van der Waals surface area contributed by atoms with Gasteiger partial charge in [-0.3, -0.25) is 4.79 Å². The maximum absolute atomic E-state index is 11.9. The predicted molar refractivity (Wildman–Crippen MR) is 77.8 cm³/mol. The summed E-state index contributed by atoms with van der Waals surface area (Å²) < 4.78 is 2.79. The van der Waals surface area contributed by atoms with Gasteiger partial charge in [0.15, 0.2) is 11.5 Å². The SMILES string of the molecule is CCC(=O)c1nnn(-c2ccc(Br)cc2C)c1CC. The first-order chi connectivity index (χ1) is 9.08. The van der Waals surface area contributed by atoms with Crippen molar-refractivity contribution in [1.29, 1.82) is 0 Å². The Balaban J connectivity index is 2.57. The van der Waals surface area contributed by atoms with Gasteiger partial charge < -0.3 is 0 Å². The summed E-state index contributed by atoms with van der Waals surface area (Å²) >= 11 is 3.44. The summed E-state index contributed by atoms with van der Waals surface area (Å²) in [5.41, 5.74) is 3.41. The highest BCUT2D eigenvalue weighted by Gasteiger charge is 2.18. The fourth-order valence-corrected chi connectivity index (χ4v) is 2.53. The Labute approximate surface area is 121 Å². The third kappa shape index (κ3) is 2.61. The topological polar surface area (TPSA) is 47.8 Å². The van der Waals surface area contributed by atoms with Crippen LogP contribution in [0.15, 0.2) is 22.7 Å². The lowest BCUT2D eigenvalue weighted by molar-refractivity contribution is 0.0982. The fourth-order valence-electron chi connectivity index (χ4n) is 2.05. The van der Waals surface area contributed by atoms with Crippen molar-refractivity contribution in [3.05, 3.63) is 39.6 Å². The minimum absolute atomic E-state index is 0.0397. The number of halogens is 1. The molecule has 0 radical (unpaired) electrons. The van der Waals surface area contributed by atoms with Gasteiger partial charge in [-0.2, -0.15) is 0 Å². The molecular weight excluding hydrogens is 306 g/mol. The third-order valence-electron chi connectivity index (χ3n) is 3.07. The van der Waals surface area contributed by atoms with E-state index in [9.17, 15) is 4.79 Å². The average molecular weight is 322 g/mol. The van der Waals surface area contributed by atoms with E-state index in [1.807, 2.05) is 39.0 Å². The molecule has 0 saturated heterocycles. The van der Waals surface area contributed by atoms with E-state index in [0.29, 0.717) is 12.1 Å². The van der Waals surface area contributed by atoms with Crippen LogP contribution in [0.2, 0.25) is 0 Å². The van der Waals surface area contributed by atoms with Gasteiger partial charge >= 0.3 is 0 Å². The second kappa shape index (κ2) is 5.65. The maximum atomic E-state index is 11.9. The van der Waals surface area contributed by atoms with Gasteiger partial charge in [-0.1, -0.05) is 35.0 Å². The molecule has 0 saturated carbocycles. The minimum Gasteiger partial charge on any atom is -0.292 e. The molecule has 19 heavy (non-hydrogen) atoms. The summed E-state index contributed by atoms with van der Waals surface area (Å²) in [4.78, 5) is 11.9. The number of nitrogens with zero attached hydrogens (tertiary/aromatic N) is 3. The van der Waals surface area contributed by atoms with E-state index >= 15 is 0 Å². The van der Waals surface area contributed by atoms with Crippen LogP contribution in [0, 0.1) is 6.92 Å². The number of aryl methyl sites for hydroxylation is 1. The van der Waals surface area contributed by atoms with E-state index in [2.05, 4.69) is 26.2 Å². The standard InChI is InChI=1S/C14H16BrN3O/c1-4-11-14(13(19)5-2)16-17-18(11)12-7-6-10(15)8-9(12)3/h6-8H,4-5H2,1-3H3. The highest BCUT2D eigenvalue weighted by atomic mass is 79.9. The van der Waals surface area contributed by atoms with Crippen molar-refractivity contribution >= 4 is 21.7 Å². The number of ketones is 1. The number of benzene rings is 1. The number of hydrogen-bond donors (Lipinski definition) is 0. The van der Waals surface area contributed by atoms with Crippen LogP contribution in [0.1, 0.15) is 42.0 Å². The smallest absolute Gasteiger partial charge is 0.184 e. The van der Waals surface area contributed by atoms with Crippen molar-refractivity contribution in [2.75, 3.05) is 0 Å². The predicted octanol–water partition coefficient (Wildman–Crippen LogP) is 3.49. The molecule has 0 aliphatic heterocycles. The van der Waals surface area contributed by atoms with E-state index in [-0.39, 0.29) is 5.78 Å². The summed E-state index contributed by atoms with van der Waals surface area (Å²) in [6, 6.07) is 5.97. The van der Waals surface area contributed by atoms with Crippen LogP contribution in [-0.4, -0.2) is 20.8 Å². The summed E-state index contributed by atoms with van der Waals surface area (Å²) in [6.45, 7) is 5.87. The fraction of sp³-hybridized carbons (Fsp3) is 0.357. The van der Waals surface area contributed by atoms with Crippen molar-refractivity contribution in [3.8, 4) is 5.69 Å². The summed E-state index contributed by atoms with van der Waals surface area (Å²) in [7, 11) is 0. The summed E-state index contributed by atoms with van der Waals surface area (Å²) in [5, 5.41) is 8.20. The summed E-state index contributed by atoms with van der Waals surface area (Å²) in [5.74, 6) is 0.0397. The number of rotatable bonds is 4. The number of Topliss-reactive ketones (excluding diaryl/α,β-unsaturated/α-hetero) is 1. The molecule has 100 valence electrons. The van der Waals surface area contributed by atoms with Gasteiger partial charge in [-0.05, 0) is 37.1 Å². The largest absolute Gasteiger partial charge is 0.292 e. The lowest BCUT2D eigenvalue weighted by Gasteiger charge is -2.09. The molecule has 4 nitrogen and oxygen atoms in total. The molecule has 0 fully saturated rings. The Morgan fingerprint density at radius 1 is 1.37 bits per heavy atom. The van der Waals surface area contributed by atoms with Crippen LogP contribution in [0.4, 0.5) is 0 Å². The Morgan fingerprint density at radius 2 is 2.11 bits per heavy atom. The van der Waals surface area contributed by atoms with E-state index in [1.54, 1.807) is 4.68 Å². The van der Waals surface area contributed by atoms with E-state index in [0.717, 1.165) is 27.8 Å². The molecule has 0 spiro atoms. The molecule has 0 N–H and O–H groups in total. The third-order valence-corrected chi connectivity index (χ3v) is 3.56. The van der Waals surface area contributed by atoms with Gasteiger partial charge in [0.1, 0.15) is 0 Å². The molecule has 5 heteroatoms. The first-order valence-electron chi connectivity index (χ1n) is 6.32. The zero-order chi connectivity index (χ0) is 14.0. The molecule has 2 rings (SSSR count). The lowest BCUT2D eigenvalue weighted by atomic mass is 10.1. The van der Waals surface area contributed by atoms with Crippen LogP contribution >= 0.6 is 15.9 Å². The zero-order valence-corrected chi connectivity index (χ0v) is 12.9. The first kappa shape index (κ1) is 13.9. The second-order valence-electron chi connectivity index (χ2n) is 4.36. The molecule has 1 aromatic carbocycles.